The average Bonchev–Trinajstić information content (AvgIpc) is 3.55. The zero-order valence-electron chi connectivity index (χ0n) is 26.3. The van der Waals surface area contributed by atoms with Gasteiger partial charge in [-0.25, -0.2) is 19.4 Å². The van der Waals surface area contributed by atoms with Crippen LogP contribution in [0, 0.1) is 0 Å². The molecule has 1 saturated heterocycles. The Balaban J connectivity index is 1.67. The summed E-state index contributed by atoms with van der Waals surface area (Å²) in [5, 5.41) is 17.2. The molecule has 2 N–H and O–H groups in total. The highest BCUT2D eigenvalue weighted by Crippen LogP contribution is 2.36. The van der Waals surface area contributed by atoms with Gasteiger partial charge in [0.05, 0.1) is 32.3 Å². The monoisotopic (exact) mass is 674 g/mol. The number of aromatic nitrogens is 4. The number of anilines is 1. The number of fused-ring (bicyclic) bond motifs is 1. The Morgan fingerprint density at radius 1 is 1.13 bits per heavy atom. The number of halogens is 1. The Hall–Kier alpha value is -4.54. The molecule has 0 spiro atoms. The molecule has 1 fully saturated rings. The number of nitrogens with zero attached hydrogens (tertiary/aromatic N) is 7. The molecule has 1 amide bonds. The van der Waals surface area contributed by atoms with E-state index < -0.39 is 60.3 Å². The Labute approximate surface area is 274 Å². The van der Waals surface area contributed by atoms with Crippen molar-refractivity contribution >= 4 is 46.6 Å². The number of aliphatic hydroxyl groups is 1. The van der Waals surface area contributed by atoms with Crippen LogP contribution in [0.2, 0.25) is 5.28 Å². The fraction of sp³-hybridized carbons (Fsp3) is 0.517. The summed E-state index contributed by atoms with van der Waals surface area (Å²) in [7, 11) is 0. The number of aliphatic hydroxyl groups excluding tert-OH is 1. The summed E-state index contributed by atoms with van der Waals surface area (Å²) in [6.07, 6.45) is -3.76. The number of nitrogens with one attached hydrogen (secondary N) is 1. The smallest absolute Gasteiger partial charge is 0.413 e. The number of rotatable bonds is 12. The highest BCUT2D eigenvalue weighted by molar-refractivity contribution is 6.28. The van der Waals surface area contributed by atoms with Gasteiger partial charge >= 0.3 is 18.0 Å². The number of ether oxygens (including phenoxy) is 5. The summed E-state index contributed by atoms with van der Waals surface area (Å²) < 4.78 is 29.2. The third-order valence-electron chi connectivity index (χ3n) is 6.81. The second kappa shape index (κ2) is 14.9. The van der Waals surface area contributed by atoms with Crippen LogP contribution < -0.4 is 5.32 Å². The molecule has 47 heavy (non-hydrogen) atoms. The molecule has 252 valence electrons. The molecular weight excluding hydrogens is 640 g/mol. The van der Waals surface area contributed by atoms with Crippen molar-refractivity contribution in [3.63, 3.8) is 0 Å². The first kappa shape index (κ1) is 35.3. The van der Waals surface area contributed by atoms with E-state index in [1.54, 1.807) is 65.0 Å². The van der Waals surface area contributed by atoms with E-state index in [2.05, 4.69) is 30.3 Å². The molecule has 0 unspecified atom stereocenters. The zero-order chi connectivity index (χ0) is 34.4. The first-order chi connectivity index (χ1) is 22.3. The van der Waals surface area contributed by atoms with Crippen LogP contribution in [0.25, 0.3) is 21.6 Å². The van der Waals surface area contributed by atoms with Crippen molar-refractivity contribution in [3.8, 4) is 0 Å². The molecule has 1 aromatic carbocycles. The SMILES string of the molecule is CCOC(=O)C(Cc1ccccc1)(OC[C@H]1O[C@@H](n2cnc3c(NC(=O)OC(C)(C)C)nc(Cl)nc32)[C@H](N=[N+]=[N-])[C@@H]1O)C(=O)OCC. The van der Waals surface area contributed by atoms with E-state index in [1.807, 2.05) is 0 Å². The van der Waals surface area contributed by atoms with Crippen molar-refractivity contribution in [2.75, 3.05) is 25.1 Å². The largest absolute Gasteiger partial charge is 0.463 e. The predicted octanol–water partition coefficient (Wildman–Crippen LogP) is 3.89. The fourth-order valence-corrected chi connectivity index (χ4v) is 5.01. The molecule has 0 radical (unpaired) electrons. The highest BCUT2D eigenvalue weighted by atomic mass is 35.5. The van der Waals surface area contributed by atoms with E-state index >= 15 is 0 Å². The second-order valence-electron chi connectivity index (χ2n) is 11.3. The molecule has 2 aromatic heterocycles. The van der Waals surface area contributed by atoms with Gasteiger partial charge in [-0.15, -0.1) is 0 Å². The zero-order valence-corrected chi connectivity index (χ0v) is 27.1. The maximum Gasteiger partial charge on any atom is 0.413 e. The third-order valence-corrected chi connectivity index (χ3v) is 6.98. The second-order valence-corrected chi connectivity index (χ2v) is 11.6. The number of hydrogen-bond donors (Lipinski definition) is 2. The van der Waals surface area contributed by atoms with Gasteiger partial charge in [0, 0.05) is 11.3 Å². The van der Waals surface area contributed by atoms with Gasteiger partial charge in [-0.05, 0) is 57.3 Å². The number of imidazole rings is 1. The summed E-state index contributed by atoms with van der Waals surface area (Å²) in [6.45, 7) is 7.59. The predicted molar refractivity (Wildman–Crippen MR) is 165 cm³/mol. The van der Waals surface area contributed by atoms with Gasteiger partial charge in [-0.3, -0.25) is 9.88 Å². The van der Waals surface area contributed by atoms with Crippen molar-refractivity contribution in [2.24, 2.45) is 5.11 Å². The number of hydrogen-bond acceptors (Lipinski definition) is 13. The first-order valence-electron chi connectivity index (χ1n) is 14.6. The van der Waals surface area contributed by atoms with Crippen LogP contribution in [-0.4, -0.2) is 91.9 Å². The Bertz CT molecular complexity index is 1620. The molecule has 0 aliphatic carbocycles. The van der Waals surface area contributed by atoms with Crippen LogP contribution in [0.3, 0.4) is 0 Å². The number of carbonyl (C=O) groups is 3. The van der Waals surface area contributed by atoms with Crippen LogP contribution >= 0.6 is 11.6 Å². The van der Waals surface area contributed by atoms with Crippen molar-refractivity contribution < 1.29 is 43.2 Å². The van der Waals surface area contributed by atoms with E-state index in [0.29, 0.717) is 5.56 Å². The fourth-order valence-electron chi connectivity index (χ4n) is 4.84. The van der Waals surface area contributed by atoms with Gasteiger partial charge < -0.3 is 28.8 Å². The maximum atomic E-state index is 13.4. The Morgan fingerprint density at radius 2 is 1.79 bits per heavy atom. The van der Waals surface area contributed by atoms with E-state index in [9.17, 15) is 25.0 Å². The van der Waals surface area contributed by atoms with Crippen LogP contribution in [0.15, 0.2) is 41.8 Å². The summed E-state index contributed by atoms with van der Waals surface area (Å²) in [5.41, 5.74) is 6.99. The molecule has 1 aliphatic heterocycles. The lowest BCUT2D eigenvalue weighted by molar-refractivity contribution is -0.197. The summed E-state index contributed by atoms with van der Waals surface area (Å²) in [6, 6.07) is 7.37. The lowest BCUT2D eigenvalue weighted by Gasteiger charge is -2.30. The van der Waals surface area contributed by atoms with Crippen molar-refractivity contribution in [1.29, 1.82) is 0 Å². The number of carbonyl (C=O) groups excluding carboxylic acids is 3. The minimum Gasteiger partial charge on any atom is -0.463 e. The molecule has 0 bridgehead atoms. The summed E-state index contributed by atoms with van der Waals surface area (Å²) in [5.74, 6) is -2.05. The number of esters is 2. The lowest BCUT2D eigenvalue weighted by atomic mass is 9.93. The molecule has 3 heterocycles. The van der Waals surface area contributed by atoms with Crippen LogP contribution in [0.1, 0.15) is 46.4 Å². The highest BCUT2D eigenvalue weighted by Gasteiger charge is 2.53. The van der Waals surface area contributed by atoms with Crippen LogP contribution in [0.5, 0.6) is 0 Å². The molecular formula is C29H35ClN8O9. The summed E-state index contributed by atoms with van der Waals surface area (Å²) >= 11 is 6.17. The molecule has 0 saturated carbocycles. The minimum atomic E-state index is -2.26. The average molecular weight is 675 g/mol. The molecule has 1 aliphatic rings. The standard InChI is InChI=1S/C29H35ClN8O9/c1-6-43-24(40)29(25(41)44-7-2,13-16-11-9-8-10-12-16)45-14-17-20(39)18(36-37-31)23(46-17)38-15-32-19-21(33-26(30)35-22(19)38)34-27(42)47-28(3,4)5/h8-12,15,17-18,20,23,39H,6-7,13-14H2,1-5H3,(H,33,34,35,42)/t17-,18-,20-,23-/m1/s1. The molecule has 3 aromatic rings. The quantitative estimate of drug-likeness (QED) is 0.0531. The van der Waals surface area contributed by atoms with Crippen LogP contribution in [-0.2, 0) is 39.7 Å². The van der Waals surface area contributed by atoms with Gasteiger partial charge in [0.25, 0.3) is 5.60 Å². The van der Waals surface area contributed by atoms with E-state index in [0.717, 1.165) is 0 Å². The van der Waals surface area contributed by atoms with Crippen molar-refractivity contribution in [3.05, 3.63) is 57.9 Å². The molecule has 18 heteroatoms. The maximum absolute atomic E-state index is 13.4. The van der Waals surface area contributed by atoms with E-state index in [-0.39, 0.29) is 41.9 Å². The molecule has 4 atom stereocenters. The molecule has 17 nitrogen and oxygen atoms in total. The van der Waals surface area contributed by atoms with E-state index in [4.69, 9.17) is 35.3 Å². The van der Waals surface area contributed by atoms with Gasteiger partial charge in [-0.2, -0.15) is 9.97 Å². The Kier molecular flexibility index (Phi) is 11.2. The first-order valence-corrected chi connectivity index (χ1v) is 15.0. The van der Waals surface area contributed by atoms with Crippen molar-refractivity contribution in [2.45, 2.75) is 76.7 Å². The van der Waals surface area contributed by atoms with Gasteiger partial charge in [0.1, 0.15) is 24.0 Å². The number of amides is 1. The lowest BCUT2D eigenvalue weighted by Crippen LogP contribution is -2.54. The van der Waals surface area contributed by atoms with Gasteiger partial charge in [-0.1, -0.05) is 35.4 Å². The van der Waals surface area contributed by atoms with Crippen LogP contribution in [0.4, 0.5) is 10.6 Å². The topological polar surface area (TPSA) is 222 Å². The van der Waals surface area contributed by atoms with E-state index in [1.165, 1.54) is 10.9 Å². The third kappa shape index (κ3) is 8.07. The van der Waals surface area contributed by atoms with Crippen molar-refractivity contribution in [1.82, 2.24) is 19.5 Å². The molecule has 4 rings (SSSR count). The minimum absolute atomic E-state index is 0.0510. The number of benzene rings is 1. The Morgan fingerprint density at radius 3 is 2.38 bits per heavy atom. The summed E-state index contributed by atoms with van der Waals surface area (Å²) in [4.78, 5) is 54.5. The normalized spacial score (nSPS) is 19.6. The van der Waals surface area contributed by atoms with Gasteiger partial charge in [0.2, 0.25) is 5.28 Å². The van der Waals surface area contributed by atoms with Gasteiger partial charge in [0.15, 0.2) is 17.0 Å². The number of azide groups is 1.